The number of hydroxylamine groups is 1. The van der Waals surface area contributed by atoms with Gasteiger partial charge in [0.2, 0.25) is 15.9 Å². The lowest BCUT2D eigenvalue weighted by molar-refractivity contribution is -0.117. The third-order valence-electron chi connectivity index (χ3n) is 7.87. The summed E-state index contributed by atoms with van der Waals surface area (Å²) in [6, 6.07) is 12.2. The summed E-state index contributed by atoms with van der Waals surface area (Å²) in [4.78, 5) is 31.4. The number of amides is 2. The van der Waals surface area contributed by atoms with Crippen molar-refractivity contribution in [1.29, 1.82) is 0 Å². The average Bonchev–Trinajstić information content (AvgIpc) is 3.07. The van der Waals surface area contributed by atoms with Crippen LogP contribution in [0.1, 0.15) is 49.8 Å². The maximum absolute atomic E-state index is 15.4. The predicted molar refractivity (Wildman–Crippen MR) is 187 cm³/mol. The van der Waals surface area contributed by atoms with Crippen LogP contribution in [-0.2, 0) is 26.0 Å². The molecule has 1 aromatic heterocycles. The third-order valence-corrected chi connectivity index (χ3v) is 9.41. The standard InChI is InChI=1S/C36H40F4N6O6S/c1-36(2,3)52-35(48)46(21-43-49)20-27(45-53(50,51)28-7-5-4-6-8-28)13-14-29-30(40)18-42-19-31(29)44-34(47)33(41)32(22-9-11-24(37)12-10-22)23-15-25(38)17-26(39)16-23/h4-12,15-19,27,32-33,43,45,49H,13-14,20-21,41H2,1-3H3,(H,44,47). The molecule has 2 amide bonds. The second-order valence-corrected chi connectivity index (χ2v) is 14.8. The van der Waals surface area contributed by atoms with Gasteiger partial charge in [0.15, 0.2) is 0 Å². The fraction of sp³-hybridized carbons (Fsp3) is 0.306. The number of aromatic nitrogens is 1. The van der Waals surface area contributed by atoms with E-state index in [4.69, 9.17) is 10.5 Å². The number of carbonyl (C=O) groups excluding carboxylic acids is 2. The maximum Gasteiger partial charge on any atom is 0.411 e. The lowest BCUT2D eigenvalue weighted by Crippen LogP contribution is -2.49. The van der Waals surface area contributed by atoms with Crippen LogP contribution in [0.4, 0.5) is 28.0 Å². The second-order valence-electron chi connectivity index (χ2n) is 13.1. The Labute approximate surface area is 304 Å². The number of nitrogens with two attached hydrogens (primary N) is 1. The quantitative estimate of drug-likeness (QED) is 0.0621. The van der Waals surface area contributed by atoms with Gasteiger partial charge in [-0.1, -0.05) is 30.3 Å². The number of nitrogens with one attached hydrogen (secondary N) is 3. The largest absolute Gasteiger partial charge is 0.444 e. The van der Waals surface area contributed by atoms with Gasteiger partial charge in [0.1, 0.15) is 28.9 Å². The maximum atomic E-state index is 15.4. The lowest BCUT2D eigenvalue weighted by atomic mass is 9.84. The first-order valence-corrected chi connectivity index (χ1v) is 17.8. The van der Waals surface area contributed by atoms with Gasteiger partial charge in [-0.25, -0.2) is 35.5 Å². The zero-order chi connectivity index (χ0) is 38.9. The van der Waals surface area contributed by atoms with Crippen molar-refractivity contribution in [1.82, 2.24) is 20.1 Å². The number of halogens is 4. The van der Waals surface area contributed by atoms with Crippen molar-refractivity contribution in [3.05, 3.63) is 125 Å². The van der Waals surface area contributed by atoms with Crippen LogP contribution >= 0.6 is 0 Å². The first kappa shape index (κ1) is 40.8. The van der Waals surface area contributed by atoms with Crippen LogP contribution in [0.25, 0.3) is 0 Å². The number of sulfonamides is 1. The summed E-state index contributed by atoms with van der Waals surface area (Å²) in [6.45, 7) is 4.06. The number of carbonyl (C=O) groups is 2. The highest BCUT2D eigenvalue weighted by Crippen LogP contribution is 2.30. The Kier molecular flexibility index (Phi) is 13.7. The van der Waals surface area contributed by atoms with Gasteiger partial charge in [-0.3, -0.25) is 14.7 Å². The molecule has 0 aliphatic rings. The number of benzene rings is 3. The van der Waals surface area contributed by atoms with Gasteiger partial charge < -0.3 is 21.0 Å². The van der Waals surface area contributed by atoms with Crippen LogP contribution in [0.2, 0.25) is 0 Å². The van der Waals surface area contributed by atoms with E-state index in [1.807, 2.05) is 5.48 Å². The molecule has 284 valence electrons. The molecule has 1 heterocycles. The molecule has 0 fully saturated rings. The summed E-state index contributed by atoms with van der Waals surface area (Å²) in [5, 5.41) is 12.0. The molecule has 53 heavy (non-hydrogen) atoms. The van der Waals surface area contributed by atoms with Crippen LogP contribution < -0.4 is 21.3 Å². The summed E-state index contributed by atoms with van der Waals surface area (Å²) in [7, 11) is -4.19. The highest BCUT2D eigenvalue weighted by molar-refractivity contribution is 7.89. The Bertz CT molecular complexity index is 1960. The fourth-order valence-electron chi connectivity index (χ4n) is 5.50. The Morgan fingerprint density at radius 2 is 1.57 bits per heavy atom. The first-order chi connectivity index (χ1) is 25.0. The number of anilines is 1. The predicted octanol–water partition coefficient (Wildman–Crippen LogP) is 5.19. The van der Waals surface area contributed by atoms with E-state index < -0.39 is 75.6 Å². The molecule has 4 aromatic rings. The molecule has 0 bridgehead atoms. The molecule has 3 unspecified atom stereocenters. The molecular weight excluding hydrogens is 720 g/mol. The van der Waals surface area contributed by atoms with Crippen molar-refractivity contribution in [2.75, 3.05) is 18.5 Å². The van der Waals surface area contributed by atoms with Gasteiger partial charge in [0, 0.05) is 30.1 Å². The van der Waals surface area contributed by atoms with E-state index >= 15 is 4.39 Å². The van der Waals surface area contributed by atoms with Crippen molar-refractivity contribution in [2.45, 2.75) is 62.1 Å². The molecule has 12 nitrogen and oxygen atoms in total. The summed E-state index contributed by atoms with van der Waals surface area (Å²) in [5.74, 6) is -5.44. The smallest absolute Gasteiger partial charge is 0.411 e. The molecule has 4 rings (SSSR count). The molecule has 0 saturated heterocycles. The highest BCUT2D eigenvalue weighted by atomic mass is 32.2. The van der Waals surface area contributed by atoms with Crippen molar-refractivity contribution in [2.24, 2.45) is 5.73 Å². The van der Waals surface area contributed by atoms with Gasteiger partial charge in [-0.15, -0.1) is 0 Å². The van der Waals surface area contributed by atoms with Crippen LogP contribution in [0.3, 0.4) is 0 Å². The number of hydrogen-bond acceptors (Lipinski definition) is 9. The van der Waals surface area contributed by atoms with E-state index in [0.29, 0.717) is 6.07 Å². The molecular formula is C36H40F4N6O6S. The Balaban J connectivity index is 1.63. The summed E-state index contributed by atoms with van der Waals surface area (Å²) in [5.41, 5.74) is 7.31. The van der Waals surface area contributed by atoms with Crippen molar-refractivity contribution < 1.29 is 45.5 Å². The monoisotopic (exact) mass is 760 g/mol. The average molecular weight is 761 g/mol. The Hall–Kier alpha value is -4.94. The van der Waals surface area contributed by atoms with E-state index in [9.17, 15) is 36.4 Å². The fourth-order valence-corrected chi connectivity index (χ4v) is 6.78. The van der Waals surface area contributed by atoms with E-state index in [1.165, 1.54) is 36.4 Å². The van der Waals surface area contributed by atoms with Crippen LogP contribution in [0, 0.1) is 23.3 Å². The van der Waals surface area contributed by atoms with Crippen molar-refractivity contribution >= 4 is 27.7 Å². The highest BCUT2D eigenvalue weighted by Gasteiger charge is 2.31. The number of ether oxygens (including phenoxy) is 1. The van der Waals surface area contributed by atoms with E-state index in [-0.39, 0.29) is 46.7 Å². The Morgan fingerprint density at radius 1 is 0.925 bits per heavy atom. The molecule has 0 aliphatic carbocycles. The first-order valence-electron chi connectivity index (χ1n) is 16.3. The third kappa shape index (κ3) is 11.5. The zero-order valence-electron chi connectivity index (χ0n) is 29.0. The van der Waals surface area contributed by atoms with Crippen LogP contribution in [0.5, 0.6) is 0 Å². The molecule has 0 radical (unpaired) electrons. The number of pyridine rings is 1. The minimum Gasteiger partial charge on any atom is -0.444 e. The van der Waals surface area contributed by atoms with Gasteiger partial charge in [0.05, 0.1) is 35.7 Å². The number of nitrogens with zero attached hydrogens (tertiary/aromatic N) is 2. The van der Waals surface area contributed by atoms with Crippen LogP contribution in [-0.4, -0.2) is 66.4 Å². The zero-order valence-corrected chi connectivity index (χ0v) is 29.8. The minimum absolute atomic E-state index is 0.0187. The van der Waals surface area contributed by atoms with Crippen molar-refractivity contribution in [3.8, 4) is 0 Å². The molecule has 0 spiro atoms. The van der Waals surface area contributed by atoms with E-state index in [1.54, 1.807) is 26.8 Å². The molecule has 0 aliphatic heterocycles. The van der Waals surface area contributed by atoms with Gasteiger partial charge >= 0.3 is 6.09 Å². The summed E-state index contributed by atoms with van der Waals surface area (Å²) in [6.07, 6.45) is 0.755. The van der Waals surface area contributed by atoms with Crippen molar-refractivity contribution in [3.63, 3.8) is 0 Å². The van der Waals surface area contributed by atoms with Gasteiger partial charge in [0.25, 0.3) is 0 Å². The molecule has 6 N–H and O–H groups in total. The van der Waals surface area contributed by atoms with E-state index in [2.05, 4.69) is 15.0 Å². The number of rotatable bonds is 15. The summed E-state index contributed by atoms with van der Waals surface area (Å²) >= 11 is 0. The molecule has 3 atom stereocenters. The molecule has 17 heteroatoms. The molecule has 0 saturated carbocycles. The normalized spacial score (nSPS) is 13.5. The summed E-state index contributed by atoms with van der Waals surface area (Å²) < 4.78 is 92.5. The van der Waals surface area contributed by atoms with Crippen LogP contribution in [0.15, 0.2) is 90.1 Å². The topological polar surface area (TPSA) is 176 Å². The minimum atomic E-state index is -4.19. The second kappa shape index (κ2) is 17.7. The number of hydrogen-bond donors (Lipinski definition) is 5. The molecule has 3 aromatic carbocycles. The SMILES string of the molecule is CC(C)(C)OC(=O)N(CNO)CC(CCc1c(F)cncc1NC(=O)C(N)C(c1ccc(F)cc1)c1cc(F)cc(F)c1)NS(=O)(=O)c1ccccc1. The lowest BCUT2D eigenvalue weighted by Gasteiger charge is -2.30. The van der Waals surface area contributed by atoms with Gasteiger partial charge in [-0.2, -0.15) is 5.48 Å². The Morgan fingerprint density at radius 3 is 2.17 bits per heavy atom. The van der Waals surface area contributed by atoms with E-state index in [0.717, 1.165) is 41.6 Å². The van der Waals surface area contributed by atoms with Gasteiger partial charge in [-0.05, 0) is 81.1 Å².